The number of benzene rings is 1. The largest absolute Gasteiger partial charge is 0.349 e. The summed E-state index contributed by atoms with van der Waals surface area (Å²) in [6.45, 7) is 3.74. The summed E-state index contributed by atoms with van der Waals surface area (Å²) in [5.41, 5.74) is 1.80. The van der Waals surface area contributed by atoms with E-state index < -0.39 is 0 Å². The average molecular weight is 367 g/mol. The summed E-state index contributed by atoms with van der Waals surface area (Å²) in [7, 11) is 0. The summed E-state index contributed by atoms with van der Waals surface area (Å²) in [5, 5.41) is 3.71. The van der Waals surface area contributed by atoms with E-state index in [9.17, 15) is 4.79 Å². The monoisotopic (exact) mass is 367 g/mol. The summed E-state index contributed by atoms with van der Waals surface area (Å²) in [6, 6.07) is 7.92. The number of thiazole rings is 1. The van der Waals surface area contributed by atoms with Gasteiger partial charge in [-0.15, -0.1) is 11.3 Å². The average Bonchev–Trinajstić information content (AvgIpc) is 3.13. The van der Waals surface area contributed by atoms with Crippen molar-refractivity contribution in [2.24, 2.45) is 0 Å². The molecule has 3 aromatic rings. The minimum absolute atomic E-state index is 0.190. The van der Waals surface area contributed by atoms with Crippen molar-refractivity contribution in [2.75, 3.05) is 26.2 Å². The van der Waals surface area contributed by atoms with Crippen LogP contribution in [0.1, 0.15) is 29.8 Å². The molecule has 6 nitrogen and oxygen atoms in total. The number of amides is 1. The molecule has 0 radical (unpaired) electrons. The van der Waals surface area contributed by atoms with Gasteiger partial charge in [0.25, 0.3) is 5.91 Å². The van der Waals surface area contributed by atoms with Crippen molar-refractivity contribution in [2.45, 2.75) is 19.3 Å². The first kappa shape index (κ1) is 17.1. The second-order valence-electron chi connectivity index (χ2n) is 6.40. The topological polar surface area (TPSA) is 71.0 Å². The Labute approximate surface area is 156 Å². The lowest BCUT2D eigenvalue weighted by Gasteiger charge is -2.26. The molecule has 1 aliphatic heterocycles. The number of carbonyl (C=O) groups is 1. The van der Waals surface area contributed by atoms with E-state index in [2.05, 4.69) is 25.2 Å². The molecular weight excluding hydrogens is 346 g/mol. The van der Waals surface area contributed by atoms with Gasteiger partial charge < -0.3 is 10.2 Å². The maximum Gasteiger partial charge on any atom is 0.272 e. The van der Waals surface area contributed by atoms with E-state index in [0.29, 0.717) is 17.9 Å². The Morgan fingerprint density at radius 3 is 2.77 bits per heavy atom. The predicted octanol–water partition coefficient (Wildman–Crippen LogP) is 2.97. The molecule has 1 saturated heterocycles. The summed E-state index contributed by atoms with van der Waals surface area (Å²) >= 11 is 1.53. The molecule has 1 amide bonds. The van der Waals surface area contributed by atoms with Gasteiger partial charge in [0.05, 0.1) is 10.2 Å². The highest BCUT2D eigenvalue weighted by Crippen LogP contribution is 2.29. The number of carbonyl (C=O) groups excluding carboxylic acids is 1. The molecule has 2 aromatic heterocycles. The molecule has 0 aliphatic carbocycles. The van der Waals surface area contributed by atoms with Crippen molar-refractivity contribution in [1.82, 2.24) is 25.2 Å². The normalized spacial score (nSPS) is 15.2. The zero-order valence-corrected chi connectivity index (χ0v) is 15.3. The predicted molar refractivity (Wildman–Crippen MR) is 103 cm³/mol. The van der Waals surface area contributed by atoms with Gasteiger partial charge in [0, 0.05) is 25.5 Å². The molecule has 4 rings (SSSR count). The fourth-order valence-corrected chi connectivity index (χ4v) is 4.19. The van der Waals surface area contributed by atoms with Crippen LogP contribution in [0.15, 0.2) is 36.7 Å². The number of likely N-dealkylation sites (tertiary alicyclic amines) is 1. The highest BCUT2D eigenvalue weighted by Gasteiger charge is 2.19. The van der Waals surface area contributed by atoms with Crippen LogP contribution in [0.25, 0.3) is 20.9 Å². The van der Waals surface area contributed by atoms with Gasteiger partial charge in [0.2, 0.25) is 0 Å². The number of hydrogen-bond donors (Lipinski definition) is 1. The van der Waals surface area contributed by atoms with E-state index in [0.717, 1.165) is 34.9 Å². The molecule has 1 fully saturated rings. The molecule has 0 atom stereocenters. The first-order valence-electron chi connectivity index (χ1n) is 8.99. The molecule has 1 N–H and O–H groups in total. The number of rotatable bonds is 5. The summed E-state index contributed by atoms with van der Waals surface area (Å²) in [6.07, 6.45) is 6.97. The Morgan fingerprint density at radius 2 is 1.92 bits per heavy atom. The number of hydrogen-bond acceptors (Lipinski definition) is 6. The number of nitrogens with zero attached hydrogens (tertiary/aromatic N) is 4. The quantitative estimate of drug-likeness (QED) is 0.751. The highest BCUT2D eigenvalue weighted by molar-refractivity contribution is 7.21. The van der Waals surface area contributed by atoms with Gasteiger partial charge in [-0.05, 0) is 38.1 Å². The van der Waals surface area contributed by atoms with Gasteiger partial charge >= 0.3 is 0 Å². The number of para-hydroxylation sites is 1. The van der Waals surface area contributed by atoms with Gasteiger partial charge in [-0.2, -0.15) is 0 Å². The Balaban J connectivity index is 1.48. The molecule has 3 heterocycles. The van der Waals surface area contributed by atoms with E-state index in [-0.39, 0.29) is 5.91 Å². The minimum atomic E-state index is -0.190. The van der Waals surface area contributed by atoms with Crippen LogP contribution >= 0.6 is 11.3 Å². The Bertz CT molecular complexity index is 871. The Kier molecular flexibility index (Phi) is 5.17. The molecule has 0 spiro atoms. The Hall–Kier alpha value is -2.38. The van der Waals surface area contributed by atoms with Crippen LogP contribution in [0.2, 0.25) is 0 Å². The van der Waals surface area contributed by atoms with E-state index in [1.54, 1.807) is 12.4 Å². The standard InChI is InChI=1S/C19H21N5OS/c25-18(22-10-13-24-11-4-1-5-12-24)16-17(21-9-8-20-16)19-23-14-6-2-3-7-15(14)26-19/h2-3,6-9H,1,4-5,10-13H2,(H,22,25). The smallest absolute Gasteiger partial charge is 0.272 e. The van der Waals surface area contributed by atoms with Crippen molar-refractivity contribution in [3.63, 3.8) is 0 Å². The van der Waals surface area contributed by atoms with Crippen LogP contribution < -0.4 is 5.32 Å². The highest BCUT2D eigenvalue weighted by atomic mass is 32.1. The molecule has 134 valence electrons. The summed E-state index contributed by atoms with van der Waals surface area (Å²) < 4.78 is 1.07. The van der Waals surface area contributed by atoms with Crippen molar-refractivity contribution < 1.29 is 4.79 Å². The van der Waals surface area contributed by atoms with Gasteiger partial charge in [-0.25, -0.2) is 15.0 Å². The lowest BCUT2D eigenvalue weighted by Crippen LogP contribution is -2.38. The molecule has 26 heavy (non-hydrogen) atoms. The molecule has 0 unspecified atom stereocenters. The molecule has 1 aromatic carbocycles. The van der Waals surface area contributed by atoms with E-state index in [1.165, 1.54) is 30.6 Å². The number of fused-ring (bicyclic) bond motifs is 1. The van der Waals surface area contributed by atoms with Crippen molar-refractivity contribution in [3.05, 3.63) is 42.4 Å². The van der Waals surface area contributed by atoms with E-state index in [1.807, 2.05) is 24.3 Å². The zero-order chi connectivity index (χ0) is 17.8. The molecule has 0 saturated carbocycles. The van der Waals surface area contributed by atoms with Gasteiger partial charge in [-0.3, -0.25) is 4.79 Å². The third-order valence-corrected chi connectivity index (χ3v) is 5.62. The number of nitrogens with one attached hydrogen (secondary N) is 1. The molecule has 0 bridgehead atoms. The molecule has 1 aliphatic rings. The SMILES string of the molecule is O=C(NCCN1CCCCC1)c1nccnc1-c1nc2ccccc2s1. The van der Waals surface area contributed by atoms with Gasteiger partial charge in [0.1, 0.15) is 10.7 Å². The van der Waals surface area contributed by atoms with Crippen molar-refractivity contribution in [3.8, 4) is 10.7 Å². The lowest BCUT2D eigenvalue weighted by atomic mass is 10.1. The van der Waals surface area contributed by atoms with E-state index in [4.69, 9.17) is 0 Å². The lowest BCUT2D eigenvalue weighted by molar-refractivity contribution is 0.0942. The summed E-state index contributed by atoms with van der Waals surface area (Å²) in [4.78, 5) is 28.3. The molecule has 7 heteroatoms. The Morgan fingerprint density at radius 1 is 1.12 bits per heavy atom. The van der Waals surface area contributed by atoms with Gasteiger partial charge in [0.15, 0.2) is 5.69 Å². The number of piperidine rings is 1. The maximum atomic E-state index is 12.6. The minimum Gasteiger partial charge on any atom is -0.349 e. The van der Waals surface area contributed by atoms with Crippen molar-refractivity contribution >= 4 is 27.5 Å². The maximum absolute atomic E-state index is 12.6. The van der Waals surface area contributed by atoms with Crippen LogP contribution in [0.4, 0.5) is 0 Å². The van der Waals surface area contributed by atoms with E-state index >= 15 is 0 Å². The summed E-state index contributed by atoms with van der Waals surface area (Å²) in [5.74, 6) is -0.190. The zero-order valence-electron chi connectivity index (χ0n) is 14.5. The van der Waals surface area contributed by atoms with Gasteiger partial charge in [-0.1, -0.05) is 18.6 Å². The second-order valence-corrected chi connectivity index (χ2v) is 7.43. The first-order valence-corrected chi connectivity index (χ1v) is 9.80. The third kappa shape index (κ3) is 3.73. The molecular formula is C19H21N5OS. The van der Waals surface area contributed by atoms with Crippen molar-refractivity contribution in [1.29, 1.82) is 0 Å². The van der Waals surface area contributed by atoms with Crippen LogP contribution in [0, 0.1) is 0 Å². The fraction of sp³-hybridized carbons (Fsp3) is 0.368. The van der Waals surface area contributed by atoms with Crippen LogP contribution in [-0.2, 0) is 0 Å². The second kappa shape index (κ2) is 7.88. The fourth-order valence-electron chi connectivity index (χ4n) is 3.23. The third-order valence-electron chi connectivity index (χ3n) is 4.57. The first-order chi connectivity index (χ1) is 12.8. The van der Waals surface area contributed by atoms with Crippen LogP contribution in [0.3, 0.4) is 0 Å². The van der Waals surface area contributed by atoms with Crippen LogP contribution in [-0.4, -0.2) is 51.9 Å². The van der Waals surface area contributed by atoms with Crippen LogP contribution in [0.5, 0.6) is 0 Å². The number of aromatic nitrogens is 3.